The van der Waals surface area contributed by atoms with Gasteiger partial charge in [-0.1, -0.05) is 30.3 Å². The molecule has 0 bridgehead atoms. The van der Waals surface area contributed by atoms with Crippen LogP contribution in [-0.4, -0.2) is 71.2 Å². The minimum atomic E-state index is -0.208. The first kappa shape index (κ1) is 19.8. The number of nitriles is 1. The Labute approximate surface area is 182 Å². The van der Waals surface area contributed by atoms with Crippen LogP contribution in [0.2, 0.25) is 0 Å². The molecule has 160 valence electrons. The maximum Gasteiger partial charge on any atom is 0.410 e. The van der Waals surface area contributed by atoms with E-state index in [1.54, 1.807) is 4.90 Å². The summed E-state index contributed by atoms with van der Waals surface area (Å²) in [6.45, 7) is 5.68. The Morgan fingerprint density at radius 1 is 1.10 bits per heavy atom. The zero-order valence-corrected chi connectivity index (χ0v) is 17.5. The highest BCUT2D eigenvalue weighted by molar-refractivity contribution is 5.68. The maximum absolute atomic E-state index is 12.6. The fourth-order valence-electron chi connectivity index (χ4n) is 4.95. The van der Waals surface area contributed by atoms with E-state index < -0.39 is 0 Å². The van der Waals surface area contributed by atoms with Crippen LogP contribution in [0.4, 0.5) is 10.7 Å². The van der Waals surface area contributed by atoms with Crippen LogP contribution in [0.3, 0.4) is 0 Å². The summed E-state index contributed by atoms with van der Waals surface area (Å²) in [6.07, 6.45) is 4.84. The zero-order valence-electron chi connectivity index (χ0n) is 17.5. The van der Waals surface area contributed by atoms with E-state index in [0.717, 1.165) is 32.5 Å². The highest BCUT2D eigenvalue weighted by Gasteiger charge is 2.53. The Hall–Kier alpha value is -3.18. The van der Waals surface area contributed by atoms with Crippen molar-refractivity contribution in [1.29, 1.82) is 5.26 Å². The van der Waals surface area contributed by atoms with Crippen LogP contribution in [0.15, 0.2) is 42.7 Å². The van der Waals surface area contributed by atoms with Gasteiger partial charge in [-0.15, -0.1) is 0 Å². The number of amides is 1. The molecule has 31 heavy (non-hydrogen) atoms. The molecular formula is C23H26N6O2. The van der Waals surface area contributed by atoms with Crippen LogP contribution in [0.25, 0.3) is 0 Å². The number of carbonyl (C=O) groups excluding carboxylic acids is 1. The minimum absolute atomic E-state index is 0.0475. The summed E-state index contributed by atoms with van der Waals surface area (Å²) in [6, 6.07) is 12.6. The average Bonchev–Trinajstić information content (AvgIpc) is 2.77. The first-order chi connectivity index (χ1) is 15.1. The van der Waals surface area contributed by atoms with Gasteiger partial charge in [0.05, 0.1) is 18.0 Å². The van der Waals surface area contributed by atoms with Crippen molar-refractivity contribution in [3.05, 3.63) is 53.9 Å². The fraction of sp³-hybridized carbons (Fsp3) is 0.478. The minimum Gasteiger partial charge on any atom is -0.446 e. The third-order valence-corrected chi connectivity index (χ3v) is 6.54. The van der Waals surface area contributed by atoms with Crippen molar-refractivity contribution >= 4 is 12.0 Å². The normalized spacial score (nSPS) is 20.6. The van der Waals surface area contributed by atoms with Gasteiger partial charge in [0.15, 0.2) is 0 Å². The van der Waals surface area contributed by atoms with Gasteiger partial charge in [-0.3, -0.25) is 4.90 Å². The molecule has 8 nitrogen and oxygen atoms in total. The van der Waals surface area contributed by atoms with Gasteiger partial charge in [0.1, 0.15) is 12.2 Å². The van der Waals surface area contributed by atoms with Gasteiger partial charge in [-0.2, -0.15) is 5.26 Å². The molecule has 2 saturated heterocycles. The molecular weight excluding hydrogens is 392 g/mol. The Kier molecular flexibility index (Phi) is 5.20. The van der Waals surface area contributed by atoms with Crippen LogP contribution in [0.5, 0.6) is 0 Å². The molecule has 1 aromatic heterocycles. The van der Waals surface area contributed by atoms with E-state index >= 15 is 0 Å². The molecule has 1 saturated carbocycles. The number of ether oxygens (including phenoxy) is 1. The Morgan fingerprint density at radius 2 is 1.77 bits per heavy atom. The number of carbonyl (C=O) groups is 1. The smallest absolute Gasteiger partial charge is 0.410 e. The van der Waals surface area contributed by atoms with Crippen molar-refractivity contribution in [3.63, 3.8) is 0 Å². The second-order valence-corrected chi connectivity index (χ2v) is 8.90. The third kappa shape index (κ3) is 4.19. The summed E-state index contributed by atoms with van der Waals surface area (Å²) >= 11 is 0. The molecule has 3 aliphatic rings. The standard InChI is InChI=1S/C23H26N6O2/c24-12-19-13-25-21(26-14-19)28-6-8-29(9-7-28)22(30)31-20-10-23(11-20)16-27(17-23)15-18-4-2-1-3-5-18/h1-5,13-14,20H,6-11,15-17H2. The van der Waals surface area contributed by atoms with Gasteiger partial charge >= 0.3 is 6.09 Å². The fourth-order valence-corrected chi connectivity index (χ4v) is 4.95. The topological polar surface area (TPSA) is 85.6 Å². The van der Waals surface area contributed by atoms with Crippen molar-refractivity contribution in [2.45, 2.75) is 25.5 Å². The summed E-state index contributed by atoms with van der Waals surface area (Å²) in [7, 11) is 0. The largest absolute Gasteiger partial charge is 0.446 e. The SMILES string of the molecule is N#Cc1cnc(N2CCN(C(=O)OC3CC4(C3)CN(Cc3ccccc3)C4)CC2)nc1. The summed E-state index contributed by atoms with van der Waals surface area (Å²) in [4.78, 5) is 27.3. The van der Waals surface area contributed by atoms with Crippen molar-refractivity contribution in [2.75, 3.05) is 44.2 Å². The van der Waals surface area contributed by atoms with Crippen LogP contribution in [-0.2, 0) is 11.3 Å². The first-order valence-electron chi connectivity index (χ1n) is 10.8. The molecule has 1 amide bonds. The Bertz CT molecular complexity index is 952. The van der Waals surface area contributed by atoms with Crippen LogP contribution >= 0.6 is 0 Å². The van der Waals surface area contributed by atoms with E-state index in [2.05, 4.69) is 39.1 Å². The molecule has 0 N–H and O–H groups in total. The number of benzene rings is 1. The lowest BCUT2D eigenvalue weighted by Crippen LogP contribution is -2.64. The molecule has 1 aliphatic carbocycles. The quantitative estimate of drug-likeness (QED) is 0.753. The van der Waals surface area contributed by atoms with E-state index in [9.17, 15) is 4.79 Å². The van der Waals surface area contributed by atoms with Gasteiger partial charge in [-0.05, 0) is 18.4 Å². The predicted octanol–water partition coefficient (Wildman–Crippen LogP) is 2.27. The number of hydrogen-bond acceptors (Lipinski definition) is 7. The lowest BCUT2D eigenvalue weighted by Gasteiger charge is -2.58. The highest BCUT2D eigenvalue weighted by atomic mass is 16.6. The number of piperazine rings is 1. The van der Waals surface area contributed by atoms with Crippen LogP contribution < -0.4 is 4.90 Å². The lowest BCUT2D eigenvalue weighted by atomic mass is 9.61. The number of aromatic nitrogens is 2. The molecule has 0 radical (unpaired) electrons. The Balaban J connectivity index is 1.03. The summed E-state index contributed by atoms with van der Waals surface area (Å²) in [5, 5.41) is 8.85. The van der Waals surface area contributed by atoms with Gasteiger partial charge < -0.3 is 14.5 Å². The van der Waals surface area contributed by atoms with Gasteiger partial charge in [0.2, 0.25) is 5.95 Å². The molecule has 0 atom stereocenters. The molecule has 3 heterocycles. The summed E-state index contributed by atoms with van der Waals surface area (Å²) in [5.41, 5.74) is 2.15. The Morgan fingerprint density at radius 3 is 2.42 bits per heavy atom. The van der Waals surface area contributed by atoms with Crippen molar-refractivity contribution in [3.8, 4) is 6.07 Å². The number of nitrogens with zero attached hydrogens (tertiary/aromatic N) is 6. The molecule has 2 aromatic rings. The molecule has 8 heteroatoms. The maximum atomic E-state index is 12.6. The van der Waals surface area contributed by atoms with Gasteiger partial charge in [-0.25, -0.2) is 14.8 Å². The molecule has 1 aromatic carbocycles. The number of anilines is 1. The molecule has 1 spiro atoms. The molecule has 3 fully saturated rings. The molecule has 2 aliphatic heterocycles. The molecule has 0 unspecified atom stereocenters. The lowest BCUT2D eigenvalue weighted by molar-refractivity contribution is -0.136. The second kappa shape index (κ2) is 8.16. The van der Waals surface area contributed by atoms with Crippen molar-refractivity contribution in [1.82, 2.24) is 19.8 Å². The van der Waals surface area contributed by atoms with E-state index in [1.807, 2.05) is 17.0 Å². The van der Waals surface area contributed by atoms with E-state index in [0.29, 0.717) is 43.1 Å². The van der Waals surface area contributed by atoms with Crippen molar-refractivity contribution < 1.29 is 9.53 Å². The molecule has 5 rings (SSSR count). The van der Waals surface area contributed by atoms with E-state index in [4.69, 9.17) is 10.00 Å². The summed E-state index contributed by atoms with van der Waals surface area (Å²) < 4.78 is 5.76. The van der Waals surface area contributed by atoms with Gasteiger partial charge in [0, 0.05) is 51.2 Å². The highest BCUT2D eigenvalue weighted by Crippen LogP contribution is 2.50. The monoisotopic (exact) mass is 418 g/mol. The van der Waals surface area contributed by atoms with Crippen LogP contribution in [0.1, 0.15) is 24.0 Å². The number of rotatable bonds is 4. The zero-order chi connectivity index (χ0) is 21.3. The third-order valence-electron chi connectivity index (χ3n) is 6.54. The van der Waals surface area contributed by atoms with E-state index in [1.165, 1.54) is 18.0 Å². The van der Waals surface area contributed by atoms with E-state index in [-0.39, 0.29) is 12.2 Å². The van der Waals surface area contributed by atoms with Gasteiger partial charge in [0.25, 0.3) is 0 Å². The average molecular weight is 419 g/mol. The van der Waals surface area contributed by atoms with Crippen LogP contribution in [0, 0.1) is 16.7 Å². The first-order valence-corrected chi connectivity index (χ1v) is 10.8. The number of likely N-dealkylation sites (tertiary alicyclic amines) is 1. The summed E-state index contributed by atoms with van der Waals surface area (Å²) in [5.74, 6) is 0.595. The predicted molar refractivity (Wildman–Crippen MR) is 114 cm³/mol. The number of hydrogen-bond donors (Lipinski definition) is 0. The van der Waals surface area contributed by atoms with Crippen molar-refractivity contribution in [2.24, 2.45) is 5.41 Å². The second-order valence-electron chi connectivity index (χ2n) is 8.90.